The Hall–Kier alpha value is -2.89. The summed E-state index contributed by atoms with van der Waals surface area (Å²) >= 11 is 6.13. The summed E-state index contributed by atoms with van der Waals surface area (Å²) < 4.78 is 39.0. The Kier molecular flexibility index (Phi) is 13.5. The average Bonchev–Trinajstić information content (AvgIpc) is 3.18. The predicted octanol–water partition coefficient (Wildman–Crippen LogP) is 9.06. The predicted molar refractivity (Wildman–Crippen MR) is 156 cm³/mol. The number of aromatic nitrogens is 1. The molecule has 38 heavy (non-hydrogen) atoms. The Labute approximate surface area is 231 Å². The van der Waals surface area contributed by atoms with Gasteiger partial charge in [0.2, 0.25) is 0 Å². The monoisotopic (exact) mass is 567 g/mol. The molecule has 0 saturated carbocycles. The van der Waals surface area contributed by atoms with Gasteiger partial charge in [-0.1, -0.05) is 64.4 Å². The van der Waals surface area contributed by atoms with Crippen LogP contribution in [0.1, 0.15) is 58.7 Å². The van der Waals surface area contributed by atoms with Crippen molar-refractivity contribution in [3.8, 4) is 17.2 Å². The van der Waals surface area contributed by atoms with E-state index in [-0.39, 0.29) is 11.7 Å². The SMILES string of the molecule is C/C=C(Cl)\C=C/C(C)c1c(C)n(-c2cccc(OCC(=O)O)c2)c2cc(OC(F)(F)P)ccc12.CC.CC. The standard InChI is InChI=1S/C25H25ClF2NO4P.2C2H6/c1-4-17(26)9-8-15(2)24-16(3)29(18-6-5-7-19(12-18)32-14-23(30)31)22-13-20(10-11-21(22)24)33-25(27,28)34;2*1-2/h4-13,15H,14,34H2,1-3H3,(H,30,31);2*1-2H3/b9-8-,17-4+;;. The quantitative estimate of drug-likeness (QED) is 0.207. The number of carbonyl (C=O) groups is 1. The van der Waals surface area contributed by atoms with E-state index < -0.39 is 18.4 Å². The van der Waals surface area contributed by atoms with Crippen LogP contribution in [0, 0.1) is 6.92 Å². The van der Waals surface area contributed by atoms with Gasteiger partial charge in [0.25, 0.3) is 0 Å². The molecule has 5 nitrogen and oxygen atoms in total. The van der Waals surface area contributed by atoms with Crippen molar-refractivity contribution < 1.29 is 28.2 Å². The number of rotatable bonds is 9. The summed E-state index contributed by atoms with van der Waals surface area (Å²) in [6, 6.07) is 11.8. The van der Waals surface area contributed by atoms with E-state index in [1.807, 2.05) is 71.3 Å². The first-order chi connectivity index (χ1) is 18.0. The lowest BCUT2D eigenvalue weighted by atomic mass is 9.97. The highest BCUT2D eigenvalue weighted by molar-refractivity contribution is 7.17. The topological polar surface area (TPSA) is 60.7 Å². The summed E-state index contributed by atoms with van der Waals surface area (Å²) in [7, 11) is 1.37. The van der Waals surface area contributed by atoms with Crippen LogP contribution in [0.15, 0.2) is 65.7 Å². The highest BCUT2D eigenvalue weighted by Crippen LogP contribution is 2.38. The Morgan fingerprint density at radius 3 is 2.39 bits per heavy atom. The minimum atomic E-state index is -3.41. The number of nitrogens with zero attached hydrogens (tertiary/aromatic N) is 1. The number of hydrogen-bond acceptors (Lipinski definition) is 3. The molecule has 208 valence electrons. The second kappa shape index (κ2) is 15.5. The highest BCUT2D eigenvalue weighted by atomic mass is 35.5. The largest absolute Gasteiger partial charge is 0.482 e. The molecule has 9 heteroatoms. The summed E-state index contributed by atoms with van der Waals surface area (Å²) in [4.78, 5) is 10.9. The normalized spacial score (nSPS) is 12.3. The molecule has 0 bridgehead atoms. The fourth-order valence-corrected chi connectivity index (χ4v) is 4.04. The van der Waals surface area contributed by atoms with E-state index in [9.17, 15) is 13.6 Å². The summed E-state index contributed by atoms with van der Waals surface area (Å²) in [6.45, 7) is 13.3. The molecule has 0 radical (unpaired) electrons. The van der Waals surface area contributed by atoms with Gasteiger partial charge in [-0.05, 0) is 59.0 Å². The average molecular weight is 568 g/mol. The lowest BCUT2D eigenvalue weighted by Gasteiger charge is -2.14. The molecule has 0 saturated heterocycles. The molecule has 0 aliphatic heterocycles. The van der Waals surface area contributed by atoms with Crippen molar-refractivity contribution in [3.05, 3.63) is 77.0 Å². The molecule has 0 aliphatic carbocycles. The van der Waals surface area contributed by atoms with Gasteiger partial charge in [-0.3, -0.25) is 0 Å². The van der Waals surface area contributed by atoms with Crippen LogP contribution in [0.25, 0.3) is 16.6 Å². The number of aliphatic carboxylic acids is 1. The minimum Gasteiger partial charge on any atom is -0.482 e. The number of halogens is 3. The molecule has 0 fully saturated rings. The second-order valence-electron chi connectivity index (χ2n) is 7.68. The highest BCUT2D eigenvalue weighted by Gasteiger charge is 2.25. The lowest BCUT2D eigenvalue weighted by molar-refractivity contribution is -0.139. The van der Waals surface area contributed by atoms with E-state index in [1.165, 1.54) is 15.3 Å². The fraction of sp³-hybridized carbons (Fsp3) is 0.345. The Morgan fingerprint density at radius 1 is 1.16 bits per heavy atom. The van der Waals surface area contributed by atoms with Gasteiger partial charge >= 0.3 is 11.8 Å². The van der Waals surface area contributed by atoms with E-state index >= 15 is 0 Å². The van der Waals surface area contributed by atoms with Crippen molar-refractivity contribution in [1.82, 2.24) is 4.57 Å². The van der Waals surface area contributed by atoms with Crippen molar-refractivity contribution in [1.29, 1.82) is 0 Å². The molecule has 2 unspecified atom stereocenters. The molecular formula is C29H37ClF2NO4P. The van der Waals surface area contributed by atoms with Gasteiger partial charge in [-0.15, -0.1) is 0 Å². The number of fused-ring (bicyclic) bond motifs is 1. The van der Waals surface area contributed by atoms with Gasteiger partial charge in [0.05, 0.1) is 5.52 Å². The Bertz CT molecular complexity index is 1270. The van der Waals surface area contributed by atoms with Crippen LogP contribution in [0.4, 0.5) is 8.78 Å². The number of allylic oxidation sites excluding steroid dienone is 4. The Morgan fingerprint density at radius 2 is 1.82 bits per heavy atom. The zero-order valence-electron chi connectivity index (χ0n) is 22.9. The molecule has 3 aromatic rings. The van der Waals surface area contributed by atoms with E-state index in [0.717, 1.165) is 16.6 Å². The zero-order valence-corrected chi connectivity index (χ0v) is 24.8. The van der Waals surface area contributed by atoms with Crippen LogP contribution >= 0.6 is 20.8 Å². The minimum absolute atomic E-state index is 0.0104. The van der Waals surface area contributed by atoms with Crippen molar-refractivity contribution >= 4 is 37.7 Å². The van der Waals surface area contributed by atoms with Gasteiger partial charge in [0.15, 0.2) is 6.61 Å². The second-order valence-corrected chi connectivity index (χ2v) is 8.79. The van der Waals surface area contributed by atoms with Crippen LogP contribution in [0.2, 0.25) is 0 Å². The smallest absolute Gasteiger partial charge is 0.408 e. The summed E-state index contributed by atoms with van der Waals surface area (Å²) in [5.41, 5.74) is 3.22. The summed E-state index contributed by atoms with van der Waals surface area (Å²) in [5, 5.41) is 10.4. The number of benzene rings is 2. The van der Waals surface area contributed by atoms with Crippen molar-refractivity contribution in [3.63, 3.8) is 0 Å². The van der Waals surface area contributed by atoms with Crippen LogP contribution in [0.3, 0.4) is 0 Å². The van der Waals surface area contributed by atoms with Crippen LogP contribution < -0.4 is 9.47 Å². The molecule has 1 N–H and O–H groups in total. The number of carboxylic acids is 1. The van der Waals surface area contributed by atoms with E-state index in [0.29, 0.717) is 22.0 Å². The number of alkyl halides is 2. The molecule has 0 spiro atoms. The zero-order chi connectivity index (χ0) is 29.0. The third-order valence-corrected chi connectivity index (χ3v) is 5.65. The van der Waals surface area contributed by atoms with Crippen molar-refractivity contribution in [2.45, 2.75) is 60.2 Å². The molecule has 0 amide bonds. The van der Waals surface area contributed by atoms with Crippen molar-refractivity contribution in [2.24, 2.45) is 0 Å². The van der Waals surface area contributed by atoms with Crippen LogP contribution in [-0.2, 0) is 4.79 Å². The third-order valence-electron chi connectivity index (χ3n) is 5.19. The third kappa shape index (κ3) is 9.14. The van der Waals surface area contributed by atoms with Gasteiger partial charge in [-0.25, -0.2) is 4.79 Å². The van der Waals surface area contributed by atoms with Gasteiger partial charge in [0, 0.05) is 39.9 Å². The lowest BCUT2D eigenvalue weighted by Crippen LogP contribution is -2.14. The first-order valence-corrected chi connectivity index (χ1v) is 13.4. The van der Waals surface area contributed by atoms with Gasteiger partial charge < -0.3 is 19.1 Å². The van der Waals surface area contributed by atoms with E-state index in [1.54, 1.807) is 36.4 Å². The molecule has 1 heterocycles. The van der Waals surface area contributed by atoms with Gasteiger partial charge in [0.1, 0.15) is 11.5 Å². The fourth-order valence-electron chi connectivity index (χ4n) is 3.83. The molecular weight excluding hydrogens is 531 g/mol. The molecule has 3 rings (SSSR count). The van der Waals surface area contributed by atoms with E-state index in [2.05, 4.69) is 0 Å². The molecule has 2 atom stereocenters. The number of ether oxygens (including phenoxy) is 2. The molecule has 0 aliphatic rings. The first-order valence-electron chi connectivity index (χ1n) is 12.5. The Balaban J connectivity index is 0.00000172. The van der Waals surface area contributed by atoms with Crippen molar-refractivity contribution in [2.75, 3.05) is 6.61 Å². The van der Waals surface area contributed by atoms with Gasteiger partial charge in [-0.2, -0.15) is 8.78 Å². The maximum atomic E-state index is 13.5. The maximum Gasteiger partial charge on any atom is 0.408 e. The molecule has 2 aromatic carbocycles. The van der Waals surface area contributed by atoms with E-state index in [4.69, 9.17) is 26.2 Å². The number of hydrogen-bond donors (Lipinski definition) is 1. The van der Waals surface area contributed by atoms with Crippen LogP contribution in [-0.4, -0.2) is 28.1 Å². The number of carboxylic acid groups (broad SMARTS) is 1. The first kappa shape index (κ1) is 33.1. The van der Waals surface area contributed by atoms with Crippen LogP contribution in [0.5, 0.6) is 11.5 Å². The molecule has 1 aromatic heterocycles. The summed E-state index contributed by atoms with van der Waals surface area (Å²) in [6.07, 6.45) is 5.58. The summed E-state index contributed by atoms with van der Waals surface area (Å²) in [5.74, 6) is -4.15. The maximum absolute atomic E-state index is 13.5.